The highest BCUT2D eigenvalue weighted by molar-refractivity contribution is 6.67. The van der Waals surface area contributed by atoms with Crippen LogP contribution in [0.5, 0.6) is 0 Å². The van der Waals surface area contributed by atoms with Crippen LogP contribution in [-0.4, -0.2) is 10.2 Å². The highest BCUT2D eigenvalue weighted by Crippen LogP contribution is 2.28. The van der Waals surface area contributed by atoms with Crippen molar-refractivity contribution in [3.8, 4) is 0 Å². The van der Waals surface area contributed by atoms with E-state index in [2.05, 4.69) is 4.98 Å². The van der Waals surface area contributed by atoms with Gasteiger partial charge < -0.3 is 0 Å². The number of rotatable bonds is 2. The van der Waals surface area contributed by atoms with Crippen LogP contribution >= 0.6 is 23.2 Å². The van der Waals surface area contributed by atoms with Crippen LogP contribution in [0.4, 0.5) is 8.78 Å². The Labute approximate surface area is 88.8 Å². The third-order valence-corrected chi connectivity index (χ3v) is 2.01. The van der Waals surface area contributed by atoms with Gasteiger partial charge in [-0.3, -0.25) is 4.79 Å². The zero-order valence-corrected chi connectivity index (χ0v) is 8.53. The van der Waals surface area contributed by atoms with E-state index in [9.17, 15) is 13.6 Å². The zero-order valence-electron chi connectivity index (χ0n) is 7.02. The number of aromatic nitrogens is 1. The summed E-state index contributed by atoms with van der Waals surface area (Å²) >= 11 is 10.6. The summed E-state index contributed by atoms with van der Waals surface area (Å²) in [5.41, 5.74) is -0.745. The molecular weight excluding hydrogens is 235 g/mol. The minimum atomic E-state index is -2.79. The van der Waals surface area contributed by atoms with Gasteiger partial charge in [0.15, 0.2) is 0 Å². The molecule has 0 atom stereocenters. The summed E-state index contributed by atoms with van der Waals surface area (Å²) in [5.74, 6) is 0. The lowest BCUT2D eigenvalue weighted by molar-refractivity contribution is 0.106. The molecule has 76 valence electrons. The standard InChI is InChI=1S/C8H5Cl2F2NO/c1-3-2-4(9)13-6(7(10)14)5(3)8(11)12/h2,8H,1H3. The van der Waals surface area contributed by atoms with Crippen molar-refractivity contribution in [3.05, 3.63) is 28.0 Å². The molecule has 14 heavy (non-hydrogen) atoms. The Morgan fingerprint density at radius 3 is 2.57 bits per heavy atom. The quantitative estimate of drug-likeness (QED) is 0.586. The number of halogens is 4. The third kappa shape index (κ3) is 2.19. The molecule has 0 aliphatic rings. The van der Waals surface area contributed by atoms with Gasteiger partial charge >= 0.3 is 0 Å². The largest absolute Gasteiger partial charge is 0.274 e. The van der Waals surface area contributed by atoms with Crippen molar-refractivity contribution in [1.29, 1.82) is 0 Å². The molecule has 1 aromatic rings. The lowest BCUT2D eigenvalue weighted by Crippen LogP contribution is -2.04. The van der Waals surface area contributed by atoms with Crippen LogP contribution in [0.25, 0.3) is 0 Å². The SMILES string of the molecule is Cc1cc(Cl)nc(C(=O)Cl)c1C(F)F. The predicted octanol–water partition coefficient (Wildman–Crippen LogP) is 3.36. The average Bonchev–Trinajstić information content (AvgIpc) is 2.01. The first-order valence-corrected chi connectivity index (χ1v) is 4.34. The summed E-state index contributed by atoms with van der Waals surface area (Å²) in [6.45, 7) is 1.42. The summed E-state index contributed by atoms with van der Waals surface area (Å²) < 4.78 is 25.0. The first-order chi connectivity index (χ1) is 6.43. The molecule has 0 N–H and O–H groups in total. The second kappa shape index (κ2) is 4.19. The monoisotopic (exact) mass is 239 g/mol. The Hall–Kier alpha value is -0.740. The van der Waals surface area contributed by atoms with Gasteiger partial charge in [0.1, 0.15) is 10.8 Å². The Bertz CT molecular complexity index is 382. The number of nitrogens with zero attached hydrogens (tertiary/aromatic N) is 1. The van der Waals surface area contributed by atoms with Gasteiger partial charge in [-0.15, -0.1) is 0 Å². The number of carbonyl (C=O) groups is 1. The van der Waals surface area contributed by atoms with E-state index in [1.807, 2.05) is 0 Å². The lowest BCUT2D eigenvalue weighted by atomic mass is 10.1. The van der Waals surface area contributed by atoms with Crippen molar-refractivity contribution in [3.63, 3.8) is 0 Å². The number of alkyl halides is 2. The summed E-state index contributed by atoms with van der Waals surface area (Å²) in [6, 6.07) is 1.26. The topological polar surface area (TPSA) is 30.0 Å². The van der Waals surface area contributed by atoms with Crippen molar-refractivity contribution in [2.75, 3.05) is 0 Å². The Morgan fingerprint density at radius 1 is 1.57 bits per heavy atom. The van der Waals surface area contributed by atoms with Crippen LogP contribution in [0, 0.1) is 6.92 Å². The number of hydrogen-bond acceptors (Lipinski definition) is 2. The number of pyridine rings is 1. The lowest BCUT2D eigenvalue weighted by Gasteiger charge is -2.08. The van der Waals surface area contributed by atoms with Crippen LogP contribution in [0.2, 0.25) is 5.15 Å². The summed E-state index contributed by atoms with van der Waals surface area (Å²) in [4.78, 5) is 14.2. The first kappa shape index (κ1) is 11.3. The van der Waals surface area contributed by atoms with E-state index in [1.54, 1.807) is 0 Å². The molecule has 0 unspecified atom stereocenters. The van der Waals surface area contributed by atoms with Crippen molar-refractivity contribution in [1.82, 2.24) is 4.98 Å². The Morgan fingerprint density at radius 2 is 2.14 bits per heavy atom. The molecule has 0 aliphatic carbocycles. The Balaban J connectivity index is 3.44. The van der Waals surface area contributed by atoms with Crippen molar-refractivity contribution in [2.45, 2.75) is 13.3 Å². The maximum absolute atomic E-state index is 12.5. The normalized spacial score (nSPS) is 10.7. The van der Waals surface area contributed by atoms with Gasteiger partial charge in [0.05, 0.1) is 5.56 Å². The van der Waals surface area contributed by atoms with E-state index in [0.29, 0.717) is 0 Å². The van der Waals surface area contributed by atoms with Gasteiger partial charge in [0, 0.05) is 0 Å². The fourth-order valence-corrected chi connectivity index (χ4v) is 1.46. The van der Waals surface area contributed by atoms with E-state index < -0.39 is 22.9 Å². The minimum Gasteiger partial charge on any atom is -0.274 e. The molecular formula is C8H5Cl2F2NO. The van der Waals surface area contributed by atoms with E-state index in [0.717, 1.165) is 0 Å². The molecule has 6 heteroatoms. The molecule has 1 aromatic heterocycles. The molecule has 0 amide bonds. The second-order valence-electron chi connectivity index (χ2n) is 2.60. The smallest absolute Gasteiger partial charge is 0.271 e. The van der Waals surface area contributed by atoms with E-state index >= 15 is 0 Å². The maximum atomic E-state index is 12.5. The van der Waals surface area contributed by atoms with Crippen LogP contribution in [0.1, 0.15) is 28.0 Å². The van der Waals surface area contributed by atoms with Crippen molar-refractivity contribution >= 4 is 28.4 Å². The van der Waals surface area contributed by atoms with Gasteiger partial charge in [-0.25, -0.2) is 13.8 Å². The van der Waals surface area contributed by atoms with Gasteiger partial charge in [-0.2, -0.15) is 0 Å². The molecule has 0 aromatic carbocycles. The molecule has 0 saturated carbocycles. The van der Waals surface area contributed by atoms with Crippen LogP contribution in [0.15, 0.2) is 6.07 Å². The van der Waals surface area contributed by atoms with Crippen LogP contribution in [0.3, 0.4) is 0 Å². The number of hydrogen-bond donors (Lipinski definition) is 0. The number of aryl methyl sites for hydroxylation is 1. The van der Waals surface area contributed by atoms with Gasteiger partial charge in [0.2, 0.25) is 0 Å². The van der Waals surface area contributed by atoms with Gasteiger partial charge in [-0.05, 0) is 30.2 Å². The molecule has 0 saturated heterocycles. The van der Waals surface area contributed by atoms with Crippen molar-refractivity contribution < 1.29 is 13.6 Å². The maximum Gasteiger partial charge on any atom is 0.271 e. The first-order valence-electron chi connectivity index (χ1n) is 3.58. The fraction of sp³-hybridized carbons (Fsp3) is 0.250. The molecule has 0 aliphatic heterocycles. The molecule has 0 fully saturated rings. The molecule has 0 bridgehead atoms. The summed E-state index contributed by atoms with van der Waals surface area (Å²) in [5, 5.41) is -1.07. The summed E-state index contributed by atoms with van der Waals surface area (Å²) in [6.07, 6.45) is -2.79. The average molecular weight is 240 g/mol. The molecule has 1 rings (SSSR count). The number of carbonyl (C=O) groups excluding carboxylic acids is 1. The molecule has 1 heterocycles. The fourth-order valence-electron chi connectivity index (χ4n) is 1.07. The van der Waals surface area contributed by atoms with Gasteiger partial charge in [-0.1, -0.05) is 11.6 Å². The summed E-state index contributed by atoms with van der Waals surface area (Å²) in [7, 11) is 0. The zero-order chi connectivity index (χ0) is 10.9. The van der Waals surface area contributed by atoms with Gasteiger partial charge in [0.25, 0.3) is 11.7 Å². The molecule has 0 spiro atoms. The van der Waals surface area contributed by atoms with E-state index in [1.165, 1.54) is 13.0 Å². The Kier molecular flexibility index (Phi) is 3.39. The molecule has 2 nitrogen and oxygen atoms in total. The van der Waals surface area contributed by atoms with E-state index in [4.69, 9.17) is 23.2 Å². The van der Waals surface area contributed by atoms with E-state index in [-0.39, 0.29) is 10.7 Å². The van der Waals surface area contributed by atoms with Crippen LogP contribution in [-0.2, 0) is 0 Å². The highest BCUT2D eigenvalue weighted by atomic mass is 35.5. The predicted molar refractivity (Wildman–Crippen MR) is 49.1 cm³/mol. The third-order valence-electron chi connectivity index (χ3n) is 1.64. The molecule has 0 radical (unpaired) electrons. The second-order valence-corrected chi connectivity index (χ2v) is 3.33. The van der Waals surface area contributed by atoms with Crippen LogP contribution < -0.4 is 0 Å². The highest BCUT2D eigenvalue weighted by Gasteiger charge is 2.21. The van der Waals surface area contributed by atoms with Crippen molar-refractivity contribution in [2.24, 2.45) is 0 Å². The minimum absolute atomic E-state index is 0.0316.